The molecule has 5 heteroatoms. The van der Waals surface area contributed by atoms with E-state index in [0.717, 1.165) is 24.1 Å². The van der Waals surface area contributed by atoms with Crippen LogP contribution in [0.3, 0.4) is 0 Å². The number of nitrogens with zero attached hydrogens (tertiary/aromatic N) is 2. The quantitative estimate of drug-likeness (QED) is 0.909. The Morgan fingerprint density at radius 1 is 1.30 bits per heavy atom. The van der Waals surface area contributed by atoms with Crippen molar-refractivity contribution in [3.63, 3.8) is 0 Å². The Morgan fingerprint density at radius 3 is 2.91 bits per heavy atom. The maximum atomic E-state index is 12.6. The molecule has 1 atom stereocenters. The number of carbonyl (C=O) groups excluding carboxylic acids is 1. The second-order valence-corrected chi connectivity index (χ2v) is 5.84. The third-order valence-corrected chi connectivity index (χ3v) is 4.04. The van der Waals surface area contributed by atoms with Crippen molar-refractivity contribution in [2.24, 2.45) is 0 Å². The van der Waals surface area contributed by atoms with Crippen molar-refractivity contribution in [3.8, 4) is 0 Å². The molecule has 1 aliphatic heterocycles. The molecule has 120 valence electrons. The zero-order valence-corrected chi connectivity index (χ0v) is 13.0. The summed E-state index contributed by atoms with van der Waals surface area (Å²) < 4.78 is 0. The predicted molar refractivity (Wildman–Crippen MR) is 89.2 cm³/mol. The van der Waals surface area contributed by atoms with E-state index in [4.69, 9.17) is 0 Å². The highest BCUT2D eigenvalue weighted by Gasteiger charge is 2.23. The minimum atomic E-state index is -0.402. The molecule has 1 aromatic carbocycles. The summed E-state index contributed by atoms with van der Waals surface area (Å²) in [5, 5.41) is 13.0. The zero-order chi connectivity index (χ0) is 16.1. The minimum Gasteiger partial charge on any atom is -0.391 e. The number of anilines is 1. The molecule has 1 aliphatic rings. The fraction of sp³-hybridized carbons (Fsp3) is 0.333. The van der Waals surface area contributed by atoms with E-state index >= 15 is 0 Å². The Balaban J connectivity index is 1.66. The number of pyridine rings is 1. The van der Waals surface area contributed by atoms with Gasteiger partial charge in [0.05, 0.1) is 6.10 Å². The number of hydrogen-bond donors (Lipinski definition) is 2. The fourth-order valence-electron chi connectivity index (χ4n) is 2.79. The van der Waals surface area contributed by atoms with Gasteiger partial charge < -0.3 is 15.3 Å². The van der Waals surface area contributed by atoms with Crippen molar-refractivity contribution < 1.29 is 9.90 Å². The first-order valence-corrected chi connectivity index (χ1v) is 7.92. The summed E-state index contributed by atoms with van der Waals surface area (Å²) in [4.78, 5) is 18.3. The molecule has 0 saturated carbocycles. The number of nitrogens with one attached hydrogen (secondary N) is 1. The lowest BCUT2D eigenvalue weighted by Gasteiger charge is -2.30. The van der Waals surface area contributed by atoms with Crippen LogP contribution in [0.5, 0.6) is 0 Å². The molecule has 5 nitrogen and oxygen atoms in total. The number of benzene rings is 1. The molecule has 1 amide bonds. The van der Waals surface area contributed by atoms with Gasteiger partial charge in [-0.1, -0.05) is 6.07 Å². The number of aromatic nitrogens is 1. The number of aliphatic hydroxyl groups excluding tert-OH is 1. The highest BCUT2D eigenvalue weighted by molar-refractivity contribution is 5.95. The lowest BCUT2D eigenvalue weighted by Crippen LogP contribution is -2.42. The normalized spacial score (nSPS) is 17.8. The predicted octanol–water partition coefficient (Wildman–Crippen LogP) is 2.29. The first-order chi connectivity index (χ1) is 11.2. The van der Waals surface area contributed by atoms with Gasteiger partial charge in [-0.2, -0.15) is 0 Å². The van der Waals surface area contributed by atoms with Crippen LogP contribution in [-0.2, 0) is 6.54 Å². The smallest absolute Gasteiger partial charge is 0.254 e. The number of β-amino-alcohol motifs (C(OH)–C–C–N with tert-alkyl or cyclic N) is 1. The molecule has 1 unspecified atom stereocenters. The number of amides is 1. The maximum Gasteiger partial charge on any atom is 0.254 e. The molecule has 1 fully saturated rings. The number of carbonyl (C=O) groups is 1. The van der Waals surface area contributed by atoms with E-state index in [1.54, 1.807) is 17.3 Å². The number of likely N-dealkylation sites (tertiary alicyclic amines) is 1. The Labute approximate surface area is 136 Å². The maximum absolute atomic E-state index is 12.6. The van der Waals surface area contributed by atoms with Gasteiger partial charge in [0.25, 0.3) is 5.91 Å². The van der Waals surface area contributed by atoms with Gasteiger partial charge in [0.15, 0.2) is 0 Å². The summed E-state index contributed by atoms with van der Waals surface area (Å²) in [5.74, 6) is -0.0173. The molecule has 1 saturated heterocycles. The van der Waals surface area contributed by atoms with Crippen LogP contribution in [0.15, 0.2) is 48.8 Å². The number of piperidine rings is 1. The minimum absolute atomic E-state index is 0.0173. The van der Waals surface area contributed by atoms with E-state index < -0.39 is 6.10 Å². The summed E-state index contributed by atoms with van der Waals surface area (Å²) in [6.07, 6.45) is 4.75. The molecule has 0 spiro atoms. The molecular formula is C18H21N3O2. The van der Waals surface area contributed by atoms with Gasteiger partial charge in [-0.25, -0.2) is 0 Å². The second kappa shape index (κ2) is 7.24. The summed E-state index contributed by atoms with van der Waals surface area (Å²) in [7, 11) is 0. The molecular weight excluding hydrogens is 290 g/mol. The van der Waals surface area contributed by atoms with Gasteiger partial charge in [0.2, 0.25) is 0 Å². The highest BCUT2D eigenvalue weighted by Crippen LogP contribution is 2.17. The summed E-state index contributed by atoms with van der Waals surface area (Å²) >= 11 is 0. The molecule has 0 radical (unpaired) electrons. The van der Waals surface area contributed by atoms with Gasteiger partial charge in [0, 0.05) is 43.3 Å². The van der Waals surface area contributed by atoms with Crippen LogP contribution in [0.4, 0.5) is 5.69 Å². The monoisotopic (exact) mass is 311 g/mol. The first kappa shape index (κ1) is 15.5. The zero-order valence-electron chi connectivity index (χ0n) is 13.0. The standard InChI is InChI=1S/C18H21N3O2/c22-17-5-2-10-21(13-17)18(23)15-3-1-4-16(11-15)20-12-14-6-8-19-9-7-14/h1,3-4,6-9,11,17,20,22H,2,5,10,12-13H2. The van der Waals surface area contributed by atoms with E-state index in [1.807, 2.05) is 36.4 Å². The SMILES string of the molecule is O=C(c1cccc(NCc2ccncc2)c1)N1CCCC(O)C1. The van der Waals surface area contributed by atoms with Gasteiger partial charge >= 0.3 is 0 Å². The molecule has 0 bridgehead atoms. The van der Waals surface area contributed by atoms with Crippen molar-refractivity contribution in [2.75, 3.05) is 18.4 Å². The topological polar surface area (TPSA) is 65.5 Å². The molecule has 2 heterocycles. The Hall–Kier alpha value is -2.40. The lowest BCUT2D eigenvalue weighted by molar-refractivity contribution is 0.0474. The Kier molecular flexibility index (Phi) is 4.88. The van der Waals surface area contributed by atoms with Crippen LogP contribution in [0.25, 0.3) is 0 Å². The number of rotatable bonds is 4. The van der Waals surface area contributed by atoms with E-state index in [-0.39, 0.29) is 5.91 Å². The average Bonchev–Trinajstić information content (AvgIpc) is 2.60. The second-order valence-electron chi connectivity index (χ2n) is 5.84. The third-order valence-electron chi connectivity index (χ3n) is 4.04. The third kappa shape index (κ3) is 4.07. The number of aliphatic hydroxyl groups is 1. The lowest BCUT2D eigenvalue weighted by atomic mass is 10.1. The van der Waals surface area contributed by atoms with Crippen LogP contribution < -0.4 is 5.32 Å². The highest BCUT2D eigenvalue weighted by atomic mass is 16.3. The van der Waals surface area contributed by atoms with Gasteiger partial charge in [-0.05, 0) is 48.7 Å². The molecule has 1 aromatic heterocycles. The van der Waals surface area contributed by atoms with Crippen LogP contribution in [-0.4, -0.2) is 40.1 Å². The van der Waals surface area contributed by atoms with E-state index in [0.29, 0.717) is 25.2 Å². The number of hydrogen-bond acceptors (Lipinski definition) is 4. The van der Waals surface area contributed by atoms with E-state index in [2.05, 4.69) is 10.3 Å². The molecule has 23 heavy (non-hydrogen) atoms. The molecule has 2 N–H and O–H groups in total. The Morgan fingerprint density at radius 2 is 2.13 bits per heavy atom. The van der Waals surface area contributed by atoms with E-state index in [1.165, 1.54) is 0 Å². The van der Waals surface area contributed by atoms with E-state index in [9.17, 15) is 9.90 Å². The van der Waals surface area contributed by atoms with Crippen molar-refractivity contribution in [2.45, 2.75) is 25.5 Å². The Bertz CT molecular complexity index is 660. The van der Waals surface area contributed by atoms with Crippen molar-refractivity contribution in [3.05, 3.63) is 59.9 Å². The largest absolute Gasteiger partial charge is 0.391 e. The van der Waals surface area contributed by atoms with Gasteiger partial charge in [0.1, 0.15) is 0 Å². The van der Waals surface area contributed by atoms with Crippen LogP contribution >= 0.6 is 0 Å². The summed E-state index contributed by atoms with van der Waals surface area (Å²) in [5.41, 5.74) is 2.69. The van der Waals surface area contributed by atoms with Crippen molar-refractivity contribution in [1.29, 1.82) is 0 Å². The molecule has 2 aromatic rings. The van der Waals surface area contributed by atoms with Crippen LogP contribution in [0.2, 0.25) is 0 Å². The van der Waals surface area contributed by atoms with Crippen LogP contribution in [0.1, 0.15) is 28.8 Å². The average molecular weight is 311 g/mol. The summed E-state index contributed by atoms with van der Waals surface area (Å²) in [6, 6.07) is 11.4. The molecule has 3 rings (SSSR count). The van der Waals surface area contributed by atoms with Crippen molar-refractivity contribution >= 4 is 11.6 Å². The van der Waals surface area contributed by atoms with Gasteiger partial charge in [-0.15, -0.1) is 0 Å². The van der Waals surface area contributed by atoms with Crippen molar-refractivity contribution in [1.82, 2.24) is 9.88 Å². The summed E-state index contributed by atoms with van der Waals surface area (Å²) in [6.45, 7) is 1.82. The fourth-order valence-corrected chi connectivity index (χ4v) is 2.79. The molecule has 0 aliphatic carbocycles. The first-order valence-electron chi connectivity index (χ1n) is 7.92. The van der Waals surface area contributed by atoms with Gasteiger partial charge in [-0.3, -0.25) is 9.78 Å². The van der Waals surface area contributed by atoms with Crippen LogP contribution in [0, 0.1) is 0 Å².